The molecule has 2 fully saturated rings. The minimum atomic E-state index is -1.11. The summed E-state index contributed by atoms with van der Waals surface area (Å²) in [6.45, 7) is 15.3. The van der Waals surface area contributed by atoms with Crippen molar-refractivity contribution in [2.45, 2.75) is 91.4 Å². The van der Waals surface area contributed by atoms with Gasteiger partial charge >= 0.3 is 6.09 Å². The average Bonchev–Trinajstić information content (AvgIpc) is 4.00. The van der Waals surface area contributed by atoms with E-state index in [1.54, 1.807) is 11.1 Å². The van der Waals surface area contributed by atoms with Gasteiger partial charge in [-0.3, -0.25) is 19.4 Å². The summed E-state index contributed by atoms with van der Waals surface area (Å²) in [6.07, 6.45) is 6.04. The molecular weight excluding hydrogens is 681 g/mol. The van der Waals surface area contributed by atoms with Crippen LogP contribution in [0, 0.1) is 11.8 Å². The highest BCUT2D eigenvalue weighted by atomic mass is 16.4. The van der Waals surface area contributed by atoms with Gasteiger partial charge in [0, 0.05) is 20.1 Å². The zero-order valence-electron chi connectivity index (χ0n) is 32.7. The van der Waals surface area contributed by atoms with Gasteiger partial charge in [-0.15, -0.1) is 0 Å². The number of carbonyl (C=O) groups excluding carboxylic acids is 2. The van der Waals surface area contributed by atoms with Crippen LogP contribution in [0.25, 0.3) is 33.6 Å². The molecule has 0 aliphatic carbocycles. The number of rotatable bonds is 13. The molecule has 0 spiro atoms. The largest absolute Gasteiger partial charge is 0.465 e. The molecule has 12 nitrogen and oxygen atoms in total. The van der Waals surface area contributed by atoms with Gasteiger partial charge < -0.3 is 24.9 Å². The second-order valence-electron chi connectivity index (χ2n) is 15.4. The SMILES string of the molecule is CCN(CC)[C@@H](C(=O)N1CCC[C@H]1c1ncc(-c2ccc(-c3ccc(-c4cnc([C@@H]5CCCN5C(=O)[C@H](C(C)C)N(C)C(=O)O)[nH]4)cc3)cc2)[nH]1)C(C)C. The number of hydrogen-bond acceptors (Lipinski definition) is 6. The fourth-order valence-corrected chi connectivity index (χ4v) is 8.46. The van der Waals surface area contributed by atoms with Crippen molar-refractivity contribution in [3.63, 3.8) is 0 Å². The number of carboxylic acid groups (broad SMARTS) is 1. The lowest BCUT2D eigenvalue weighted by Crippen LogP contribution is -2.51. The monoisotopic (exact) mass is 736 g/mol. The van der Waals surface area contributed by atoms with Gasteiger partial charge in [0.2, 0.25) is 11.8 Å². The average molecular weight is 737 g/mol. The number of hydrogen-bond donors (Lipinski definition) is 3. The maximum atomic E-state index is 13.9. The number of nitrogens with one attached hydrogen (secondary N) is 2. The molecule has 3 N–H and O–H groups in total. The van der Waals surface area contributed by atoms with E-state index < -0.39 is 12.1 Å². The molecule has 2 aliphatic heterocycles. The van der Waals surface area contributed by atoms with Crippen molar-refractivity contribution in [3.05, 3.63) is 72.6 Å². The number of likely N-dealkylation sites (tertiary alicyclic amines) is 2. The van der Waals surface area contributed by atoms with Crippen molar-refractivity contribution in [2.24, 2.45) is 11.8 Å². The zero-order chi connectivity index (χ0) is 38.7. The molecule has 6 rings (SSSR count). The number of aromatic amines is 2. The van der Waals surface area contributed by atoms with Gasteiger partial charge in [-0.1, -0.05) is 90.1 Å². The summed E-state index contributed by atoms with van der Waals surface area (Å²) in [5.41, 5.74) is 5.98. The van der Waals surface area contributed by atoms with Gasteiger partial charge in [0.05, 0.1) is 41.9 Å². The molecule has 3 amide bonds. The maximum Gasteiger partial charge on any atom is 0.407 e. The summed E-state index contributed by atoms with van der Waals surface area (Å²) in [5, 5.41) is 9.58. The third kappa shape index (κ3) is 7.80. The van der Waals surface area contributed by atoms with Gasteiger partial charge in [0.15, 0.2) is 0 Å². The maximum absolute atomic E-state index is 13.9. The van der Waals surface area contributed by atoms with E-state index in [0.717, 1.165) is 89.7 Å². The Morgan fingerprint density at radius 3 is 1.46 bits per heavy atom. The summed E-state index contributed by atoms with van der Waals surface area (Å²) in [5.74, 6) is 1.64. The van der Waals surface area contributed by atoms with E-state index in [0.29, 0.717) is 12.4 Å². The van der Waals surface area contributed by atoms with E-state index in [2.05, 4.69) is 96.1 Å². The molecule has 0 bridgehead atoms. The topological polar surface area (TPSA) is 142 Å². The highest BCUT2D eigenvalue weighted by molar-refractivity contribution is 5.86. The van der Waals surface area contributed by atoms with Crippen LogP contribution in [0.2, 0.25) is 0 Å². The summed E-state index contributed by atoms with van der Waals surface area (Å²) in [6, 6.07) is 15.6. The first-order chi connectivity index (χ1) is 25.9. The van der Waals surface area contributed by atoms with E-state index >= 15 is 0 Å². The van der Waals surface area contributed by atoms with Crippen molar-refractivity contribution in [2.75, 3.05) is 33.2 Å². The zero-order valence-corrected chi connectivity index (χ0v) is 32.7. The molecule has 4 heterocycles. The molecule has 2 aromatic carbocycles. The molecule has 2 aliphatic rings. The molecule has 0 unspecified atom stereocenters. The van der Waals surface area contributed by atoms with Crippen LogP contribution in [0.15, 0.2) is 60.9 Å². The Balaban J connectivity index is 1.12. The van der Waals surface area contributed by atoms with Crippen molar-refractivity contribution < 1.29 is 19.5 Å². The smallest absolute Gasteiger partial charge is 0.407 e. The molecule has 2 aromatic heterocycles. The van der Waals surface area contributed by atoms with Crippen molar-refractivity contribution in [1.82, 2.24) is 39.5 Å². The van der Waals surface area contributed by atoms with Crippen molar-refractivity contribution in [3.8, 4) is 33.6 Å². The third-order valence-electron chi connectivity index (χ3n) is 11.3. The summed E-state index contributed by atoms with van der Waals surface area (Å²) in [7, 11) is 1.46. The fourth-order valence-electron chi connectivity index (χ4n) is 8.46. The summed E-state index contributed by atoms with van der Waals surface area (Å²) >= 11 is 0. The first-order valence-corrected chi connectivity index (χ1v) is 19.5. The molecule has 0 radical (unpaired) electrons. The summed E-state index contributed by atoms with van der Waals surface area (Å²) in [4.78, 5) is 62.8. The first kappa shape index (κ1) is 38.7. The molecule has 12 heteroatoms. The van der Waals surface area contributed by atoms with Crippen LogP contribution in [0.4, 0.5) is 4.79 Å². The van der Waals surface area contributed by atoms with Gasteiger partial charge in [0.1, 0.15) is 17.7 Å². The van der Waals surface area contributed by atoms with Crippen LogP contribution >= 0.6 is 0 Å². The van der Waals surface area contributed by atoms with Gasteiger partial charge in [-0.05, 0) is 72.9 Å². The Morgan fingerprint density at radius 2 is 1.09 bits per heavy atom. The summed E-state index contributed by atoms with van der Waals surface area (Å²) < 4.78 is 0. The number of H-pyrrole nitrogens is 2. The number of amides is 3. The highest BCUT2D eigenvalue weighted by Crippen LogP contribution is 2.36. The first-order valence-electron chi connectivity index (χ1n) is 19.5. The minimum Gasteiger partial charge on any atom is -0.465 e. The predicted octanol–water partition coefficient (Wildman–Crippen LogP) is 7.46. The number of benzene rings is 2. The number of nitrogens with zero attached hydrogens (tertiary/aromatic N) is 6. The van der Waals surface area contributed by atoms with Crippen LogP contribution in [-0.4, -0.2) is 108 Å². The quantitative estimate of drug-likeness (QED) is 0.129. The van der Waals surface area contributed by atoms with Crippen LogP contribution in [0.1, 0.15) is 91.0 Å². The van der Waals surface area contributed by atoms with E-state index in [1.807, 2.05) is 24.9 Å². The van der Waals surface area contributed by atoms with Gasteiger partial charge in [0.25, 0.3) is 0 Å². The Hall–Kier alpha value is -4.97. The van der Waals surface area contributed by atoms with Crippen LogP contribution in [0.5, 0.6) is 0 Å². The molecule has 4 atom stereocenters. The number of likely N-dealkylation sites (N-methyl/N-ethyl adjacent to an activating group) is 2. The third-order valence-corrected chi connectivity index (χ3v) is 11.3. The fraction of sp³-hybridized carbons (Fsp3) is 0.500. The Bertz CT molecular complexity index is 1900. The second kappa shape index (κ2) is 16.6. The number of imidazole rings is 2. The molecule has 288 valence electrons. The standard InChI is InChI=1S/C42H56N8O4/c1-8-48(9-2)37(27(5)6)41(52)50-23-11-13-35(50)39-44-25-33(46-39)31-20-16-29(17-21-31)28-14-18-30(19-15-28)32-24-43-38(45-32)34-12-10-22-49(34)40(51)36(26(3)4)47(7)42(53)54/h14-21,24-27,34-37H,8-13,22-23H2,1-7H3,(H,43,45)(H,44,46)(H,53,54)/t34-,35-,36-,37+/m0/s1. The van der Waals surface area contributed by atoms with Gasteiger partial charge in [-0.2, -0.15) is 0 Å². The Labute approximate surface area is 319 Å². The number of aromatic nitrogens is 4. The van der Waals surface area contributed by atoms with E-state index in [9.17, 15) is 19.5 Å². The Morgan fingerprint density at radius 1 is 0.704 bits per heavy atom. The van der Waals surface area contributed by atoms with Gasteiger partial charge in [-0.25, -0.2) is 14.8 Å². The highest BCUT2D eigenvalue weighted by Gasteiger charge is 2.40. The van der Waals surface area contributed by atoms with Crippen LogP contribution in [0.3, 0.4) is 0 Å². The van der Waals surface area contributed by atoms with Crippen molar-refractivity contribution in [1.29, 1.82) is 0 Å². The second-order valence-corrected chi connectivity index (χ2v) is 15.4. The normalized spacial score (nSPS) is 18.6. The minimum absolute atomic E-state index is 0.0468. The lowest BCUT2D eigenvalue weighted by Gasteiger charge is -2.36. The molecule has 2 saturated heterocycles. The van der Waals surface area contributed by atoms with Crippen LogP contribution < -0.4 is 0 Å². The molecule has 54 heavy (non-hydrogen) atoms. The lowest BCUT2D eigenvalue weighted by atomic mass is 10.00. The van der Waals surface area contributed by atoms with E-state index in [1.165, 1.54) is 7.05 Å². The lowest BCUT2D eigenvalue weighted by molar-refractivity contribution is -0.140. The van der Waals surface area contributed by atoms with E-state index in [4.69, 9.17) is 4.98 Å². The molecular formula is C42H56N8O4. The predicted molar refractivity (Wildman–Crippen MR) is 210 cm³/mol. The number of carbonyl (C=O) groups is 3. The van der Waals surface area contributed by atoms with Crippen molar-refractivity contribution >= 4 is 17.9 Å². The Kier molecular flexibility index (Phi) is 11.9. The van der Waals surface area contributed by atoms with E-state index in [-0.39, 0.29) is 41.8 Å². The molecule has 0 saturated carbocycles. The molecule has 4 aromatic rings. The van der Waals surface area contributed by atoms with Crippen LogP contribution in [-0.2, 0) is 9.59 Å².